The normalized spacial score (nSPS) is 13.2. The number of benzene rings is 1. The number of methoxy groups -OCH3 is 2. The summed E-state index contributed by atoms with van der Waals surface area (Å²) in [7, 11) is -1.35. The SMILES string of the molecule is COc1cc(F)c(S(=O)(=O)N[C@H](CN)CC(C)C)cc1OC. The minimum atomic E-state index is -4.05. The number of hydrogen-bond donors (Lipinski definition) is 2. The van der Waals surface area contributed by atoms with Crippen LogP contribution in [0.2, 0.25) is 0 Å². The highest BCUT2D eigenvalue weighted by Gasteiger charge is 2.25. The molecule has 6 nitrogen and oxygen atoms in total. The van der Waals surface area contributed by atoms with Crippen LogP contribution in [0.1, 0.15) is 20.3 Å². The fourth-order valence-corrected chi connectivity index (χ4v) is 3.42. The molecular formula is C14H23FN2O4S. The minimum Gasteiger partial charge on any atom is -0.493 e. The topological polar surface area (TPSA) is 90.7 Å². The Morgan fingerprint density at radius 1 is 1.23 bits per heavy atom. The Labute approximate surface area is 130 Å². The van der Waals surface area contributed by atoms with E-state index in [9.17, 15) is 12.8 Å². The highest BCUT2D eigenvalue weighted by atomic mass is 32.2. The molecule has 0 saturated carbocycles. The van der Waals surface area contributed by atoms with Gasteiger partial charge in [0, 0.05) is 24.7 Å². The van der Waals surface area contributed by atoms with Gasteiger partial charge in [0.25, 0.3) is 0 Å². The van der Waals surface area contributed by atoms with Crippen LogP contribution in [-0.2, 0) is 10.0 Å². The maximum atomic E-state index is 14.1. The Morgan fingerprint density at radius 3 is 2.23 bits per heavy atom. The predicted octanol–water partition coefficient (Wildman–Crippen LogP) is 1.49. The number of nitrogens with one attached hydrogen (secondary N) is 1. The third-order valence-corrected chi connectivity index (χ3v) is 4.63. The summed E-state index contributed by atoms with van der Waals surface area (Å²) in [4.78, 5) is -0.493. The van der Waals surface area contributed by atoms with Crippen molar-refractivity contribution in [2.75, 3.05) is 20.8 Å². The molecule has 8 heteroatoms. The largest absolute Gasteiger partial charge is 0.493 e. The van der Waals surface area contributed by atoms with Crippen molar-refractivity contribution in [3.8, 4) is 11.5 Å². The first-order valence-electron chi connectivity index (χ1n) is 6.89. The Morgan fingerprint density at radius 2 is 1.77 bits per heavy atom. The van der Waals surface area contributed by atoms with Crippen molar-refractivity contribution >= 4 is 10.0 Å². The average molecular weight is 334 g/mol. The molecule has 1 aromatic rings. The van der Waals surface area contributed by atoms with Crippen LogP contribution in [0.15, 0.2) is 17.0 Å². The summed E-state index contributed by atoms with van der Waals surface area (Å²) in [6, 6.07) is 1.62. The van der Waals surface area contributed by atoms with E-state index in [0.29, 0.717) is 6.42 Å². The molecule has 0 unspecified atom stereocenters. The van der Waals surface area contributed by atoms with Gasteiger partial charge in [-0.3, -0.25) is 0 Å². The zero-order valence-corrected chi connectivity index (χ0v) is 14.0. The van der Waals surface area contributed by atoms with Gasteiger partial charge in [0.1, 0.15) is 10.7 Å². The third kappa shape index (κ3) is 4.56. The van der Waals surface area contributed by atoms with E-state index in [-0.39, 0.29) is 24.0 Å². The van der Waals surface area contributed by atoms with Crippen LogP contribution in [0, 0.1) is 11.7 Å². The monoisotopic (exact) mass is 334 g/mol. The Hall–Kier alpha value is -1.38. The standard InChI is InChI=1S/C14H23FN2O4S/c1-9(2)5-10(8-16)17-22(18,19)14-7-13(21-4)12(20-3)6-11(14)15/h6-7,9-10,17H,5,8,16H2,1-4H3/t10-/m0/s1. The molecule has 0 heterocycles. The number of ether oxygens (including phenoxy) is 2. The fourth-order valence-electron chi connectivity index (χ4n) is 2.09. The quantitative estimate of drug-likeness (QED) is 0.752. The van der Waals surface area contributed by atoms with Crippen molar-refractivity contribution in [2.24, 2.45) is 11.7 Å². The molecule has 0 aliphatic rings. The van der Waals surface area contributed by atoms with Crippen molar-refractivity contribution in [3.05, 3.63) is 17.9 Å². The number of nitrogens with two attached hydrogens (primary N) is 1. The lowest BCUT2D eigenvalue weighted by atomic mass is 10.1. The average Bonchev–Trinajstić information content (AvgIpc) is 2.44. The van der Waals surface area contributed by atoms with E-state index in [1.165, 1.54) is 14.2 Å². The molecule has 1 aromatic carbocycles. The van der Waals surface area contributed by atoms with E-state index in [0.717, 1.165) is 12.1 Å². The Kier molecular flexibility index (Phi) is 6.58. The molecule has 3 N–H and O–H groups in total. The molecule has 0 bridgehead atoms. The first kappa shape index (κ1) is 18.7. The molecule has 0 saturated heterocycles. The molecule has 0 amide bonds. The van der Waals surface area contributed by atoms with Crippen LogP contribution in [0.5, 0.6) is 11.5 Å². The maximum Gasteiger partial charge on any atom is 0.243 e. The van der Waals surface area contributed by atoms with Gasteiger partial charge in [-0.1, -0.05) is 13.8 Å². The van der Waals surface area contributed by atoms with Gasteiger partial charge in [0.15, 0.2) is 11.5 Å². The van der Waals surface area contributed by atoms with Gasteiger partial charge >= 0.3 is 0 Å². The van der Waals surface area contributed by atoms with E-state index >= 15 is 0 Å². The van der Waals surface area contributed by atoms with Gasteiger partial charge in [-0.25, -0.2) is 17.5 Å². The van der Waals surface area contributed by atoms with Crippen LogP contribution < -0.4 is 19.9 Å². The summed E-state index contributed by atoms with van der Waals surface area (Å²) in [5.41, 5.74) is 5.58. The Balaban J connectivity index is 3.17. The lowest BCUT2D eigenvalue weighted by molar-refractivity contribution is 0.350. The number of halogens is 1. The summed E-state index contributed by atoms with van der Waals surface area (Å²) in [5, 5.41) is 0. The molecule has 0 aliphatic carbocycles. The molecule has 0 spiro atoms. The lowest BCUT2D eigenvalue weighted by Gasteiger charge is -2.19. The van der Waals surface area contributed by atoms with Crippen LogP contribution in [0.25, 0.3) is 0 Å². The first-order chi connectivity index (χ1) is 10.2. The van der Waals surface area contributed by atoms with Gasteiger partial charge in [0.05, 0.1) is 14.2 Å². The van der Waals surface area contributed by atoms with Crippen molar-refractivity contribution < 1.29 is 22.3 Å². The third-order valence-electron chi connectivity index (χ3n) is 3.09. The number of hydrogen-bond acceptors (Lipinski definition) is 5. The second-order valence-electron chi connectivity index (χ2n) is 5.32. The van der Waals surface area contributed by atoms with E-state index < -0.39 is 26.8 Å². The number of sulfonamides is 1. The van der Waals surface area contributed by atoms with Gasteiger partial charge in [-0.05, 0) is 12.3 Å². The molecule has 126 valence electrons. The van der Waals surface area contributed by atoms with Gasteiger partial charge in [-0.2, -0.15) is 0 Å². The highest BCUT2D eigenvalue weighted by Crippen LogP contribution is 2.31. The van der Waals surface area contributed by atoms with E-state index in [2.05, 4.69) is 4.72 Å². The Bertz CT molecular complexity index is 605. The number of rotatable bonds is 8. The van der Waals surface area contributed by atoms with Crippen LogP contribution in [-0.4, -0.2) is 35.2 Å². The molecule has 0 aliphatic heterocycles. The van der Waals surface area contributed by atoms with Gasteiger partial charge in [-0.15, -0.1) is 0 Å². The zero-order valence-electron chi connectivity index (χ0n) is 13.2. The second-order valence-corrected chi connectivity index (χ2v) is 7.00. The van der Waals surface area contributed by atoms with E-state index in [4.69, 9.17) is 15.2 Å². The van der Waals surface area contributed by atoms with Crippen molar-refractivity contribution in [2.45, 2.75) is 31.2 Å². The molecular weight excluding hydrogens is 311 g/mol. The summed E-state index contributed by atoms with van der Waals surface area (Å²) < 4.78 is 51.2. The summed E-state index contributed by atoms with van der Waals surface area (Å²) in [5.74, 6) is -0.397. The summed E-state index contributed by atoms with van der Waals surface area (Å²) in [6.07, 6.45) is 0.560. The van der Waals surface area contributed by atoms with Crippen molar-refractivity contribution in [1.82, 2.24) is 4.72 Å². The lowest BCUT2D eigenvalue weighted by Crippen LogP contribution is -2.41. The van der Waals surface area contributed by atoms with Crippen molar-refractivity contribution in [3.63, 3.8) is 0 Å². The van der Waals surface area contributed by atoms with Crippen LogP contribution in [0.4, 0.5) is 4.39 Å². The fraction of sp³-hybridized carbons (Fsp3) is 0.571. The second kappa shape index (κ2) is 7.75. The van der Waals surface area contributed by atoms with Crippen molar-refractivity contribution in [1.29, 1.82) is 0 Å². The first-order valence-corrected chi connectivity index (χ1v) is 8.37. The van der Waals surface area contributed by atoms with E-state index in [1.807, 2.05) is 13.8 Å². The molecule has 1 atom stereocenters. The summed E-state index contributed by atoms with van der Waals surface area (Å²) in [6.45, 7) is 4.04. The smallest absolute Gasteiger partial charge is 0.243 e. The van der Waals surface area contributed by atoms with Gasteiger partial charge < -0.3 is 15.2 Å². The predicted molar refractivity (Wildman–Crippen MR) is 82.1 cm³/mol. The molecule has 0 fully saturated rings. The maximum absolute atomic E-state index is 14.1. The van der Waals surface area contributed by atoms with Crippen LogP contribution >= 0.6 is 0 Å². The molecule has 22 heavy (non-hydrogen) atoms. The summed E-state index contributed by atoms with van der Waals surface area (Å²) >= 11 is 0. The molecule has 1 rings (SSSR count). The highest BCUT2D eigenvalue weighted by molar-refractivity contribution is 7.89. The van der Waals surface area contributed by atoms with E-state index in [1.54, 1.807) is 0 Å². The molecule has 0 aromatic heterocycles. The van der Waals surface area contributed by atoms with Gasteiger partial charge in [0.2, 0.25) is 10.0 Å². The molecule has 0 radical (unpaired) electrons. The van der Waals surface area contributed by atoms with Crippen LogP contribution in [0.3, 0.4) is 0 Å². The zero-order chi connectivity index (χ0) is 16.9. The minimum absolute atomic E-state index is 0.122.